The number of benzene rings is 1. The van der Waals surface area contributed by atoms with Crippen molar-refractivity contribution in [3.8, 4) is 0 Å². The fraction of sp³-hybridized carbons (Fsp3) is 0.625. The number of piperazine rings is 1. The minimum Gasteiger partial charge on any atom is -0.399 e. The lowest BCUT2D eigenvalue weighted by atomic mass is 10.3. The summed E-state index contributed by atoms with van der Waals surface area (Å²) in [6.45, 7) is 11.2. The molecule has 0 saturated carbocycles. The standard InChI is InChI=1S/C10H21N3O.C6H5F2N/c1-3-12(4-2-11-1)5-6-13-7-9-14-10-8-13;7-5-2-1-4(9)3-6(5)8/h11H,1-10H2;1-3H,9H2. The molecule has 0 bridgehead atoms. The van der Waals surface area contributed by atoms with E-state index in [1.807, 2.05) is 0 Å². The SMILES string of the molecule is C1CN(CCN2CCOCC2)CCN1.Nc1ccc(F)c(F)c1. The maximum atomic E-state index is 12.1. The second-order valence-corrected chi connectivity index (χ2v) is 5.72. The van der Waals surface area contributed by atoms with Crippen LogP contribution in [-0.4, -0.2) is 75.4 Å². The third-order valence-corrected chi connectivity index (χ3v) is 3.99. The van der Waals surface area contributed by atoms with Gasteiger partial charge in [-0.15, -0.1) is 0 Å². The van der Waals surface area contributed by atoms with E-state index in [1.54, 1.807) is 0 Å². The number of ether oxygens (including phenoxy) is 1. The zero-order valence-electron chi connectivity index (χ0n) is 13.4. The molecule has 0 spiro atoms. The predicted molar refractivity (Wildman–Crippen MR) is 87.3 cm³/mol. The molecule has 2 heterocycles. The highest BCUT2D eigenvalue weighted by atomic mass is 19.2. The van der Waals surface area contributed by atoms with E-state index < -0.39 is 11.6 Å². The number of nitrogens with two attached hydrogens (primary N) is 1. The molecule has 0 atom stereocenters. The Morgan fingerprint density at radius 2 is 1.57 bits per heavy atom. The number of halogens is 2. The molecule has 0 aliphatic carbocycles. The molecular formula is C16H26F2N4O. The molecule has 3 rings (SSSR count). The summed E-state index contributed by atoms with van der Waals surface area (Å²) in [6.07, 6.45) is 0. The van der Waals surface area contributed by atoms with Gasteiger partial charge in [-0.05, 0) is 18.2 Å². The fourth-order valence-electron chi connectivity index (χ4n) is 2.55. The van der Waals surface area contributed by atoms with Crippen molar-refractivity contribution in [2.75, 3.05) is 71.3 Å². The monoisotopic (exact) mass is 328 g/mol. The van der Waals surface area contributed by atoms with Gasteiger partial charge in [0.15, 0.2) is 11.6 Å². The lowest BCUT2D eigenvalue weighted by Crippen LogP contribution is -2.47. The Kier molecular flexibility index (Phi) is 7.67. The molecule has 130 valence electrons. The first-order valence-electron chi connectivity index (χ1n) is 8.09. The van der Waals surface area contributed by atoms with Gasteiger partial charge in [0.1, 0.15) is 0 Å². The number of hydrogen-bond donors (Lipinski definition) is 2. The van der Waals surface area contributed by atoms with Gasteiger partial charge < -0.3 is 15.8 Å². The third-order valence-electron chi connectivity index (χ3n) is 3.99. The minimum absolute atomic E-state index is 0.230. The van der Waals surface area contributed by atoms with Crippen molar-refractivity contribution in [3.05, 3.63) is 29.8 Å². The molecule has 5 nitrogen and oxygen atoms in total. The Hall–Kier alpha value is -1.28. The van der Waals surface area contributed by atoms with Crippen LogP contribution in [0.25, 0.3) is 0 Å². The first-order valence-corrected chi connectivity index (χ1v) is 8.09. The van der Waals surface area contributed by atoms with E-state index in [9.17, 15) is 8.78 Å². The van der Waals surface area contributed by atoms with E-state index in [0.717, 1.165) is 51.5 Å². The van der Waals surface area contributed by atoms with Crippen LogP contribution in [0, 0.1) is 11.6 Å². The number of rotatable bonds is 3. The van der Waals surface area contributed by atoms with Gasteiger partial charge in [-0.1, -0.05) is 0 Å². The maximum absolute atomic E-state index is 12.1. The number of nitrogen functional groups attached to an aromatic ring is 1. The van der Waals surface area contributed by atoms with Crippen molar-refractivity contribution < 1.29 is 13.5 Å². The van der Waals surface area contributed by atoms with Crippen LogP contribution in [0.15, 0.2) is 18.2 Å². The lowest BCUT2D eigenvalue weighted by molar-refractivity contribution is 0.0328. The zero-order valence-corrected chi connectivity index (χ0v) is 13.4. The van der Waals surface area contributed by atoms with E-state index in [2.05, 4.69) is 15.1 Å². The van der Waals surface area contributed by atoms with Crippen LogP contribution >= 0.6 is 0 Å². The highest BCUT2D eigenvalue weighted by molar-refractivity contribution is 5.37. The van der Waals surface area contributed by atoms with Crippen molar-refractivity contribution >= 4 is 5.69 Å². The van der Waals surface area contributed by atoms with Crippen LogP contribution in [0.4, 0.5) is 14.5 Å². The molecule has 2 saturated heterocycles. The summed E-state index contributed by atoms with van der Waals surface area (Å²) in [4.78, 5) is 5.05. The summed E-state index contributed by atoms with van der Waals surface area (Å²) < 4.78 is 29.5. The van der Waals surface area contributed by atoms with Gasteiger partial charge in [0.05, 0.1) is 13.2 Å². The van der Waals surface area contributed by atoms with E-state index in [4.69, 9.17) is 10.5 Å². The highest BCUT2D eigenvalue weighted by Gasteiger charge is 2.13. The Morgan fingerprint density at radius 1 is 0.957 bits per heavy atom. The van der Waals surface area contributed by atoms with Crippen LogP contribution in [0.2, 0.25) is 0 Å². The van der Waals surface area contributed by atoms with Crippen molar-refractivity contribution in [1.82, 2.24) is 15.1 Å². The Labute approximate surface area is 136 Å². The van der Waals surface area contributed by atoms with Gasteiger partial charge in [-0.3, -0.25) is 9.80 Å². The molecule has 0 amide bonds. The molecule has 7 heteroatoms. The highest BCUT2D eigenvalue weighted by Crippen LogP contribution is 2.08. The maximum Gasteiger partial charge on any atom is 0.160 e. The average molecular weight is 328 g/mol. The number of anilines is 1. The van der Waals surface area contributed by atoms with E-state index >= 15 is 0 Å². The predicted octanol–water partition coefficient (Wildman–Crippen LogP) is 0.771. The van der Waals surface area contributed by atoms with Crippen LogP contribution < -0.4 is 11.1 Å². The van der Waals surface area contributed by atoms with Gasteiger partial charge in [0.25, 0.3) is 0 Å². The molecule has 0 aromatic heterocycles. The van der Waals surface area contributed by atoms with Gasteiger partial charge in [-0.25, -0.2) is 8.78 Å². The summed E-state index contributed by atoms with van der Waals surface area (Å²) in [5.41, 5.74) is 5.35. The second kappa shape index (κ2) is 9.77. The van der Waals surface area contributed by atoms with Crippen molar-refractivity contribution in [3.63, 3.8) is 0 Å². The van der Waals surface area contributed by atoms with Crippen LogP contribution in [0.3, 0.4) is 0 Å². The molecule has 2 aliphatic heterocycles. The largest absolute Gasteiger partial charge is 0.399 e. The molecule has 2 fully saturated rings. The summed E-state index contributed by atoms with van der Waals surface area (Å²) in [6, 6.07) is 3.23. The topological polar surface area (TPSA) is 53.8 Å². The van der Waals surface area contributed by atoms with Crippen molar-refractivity contribution in [2.24, 2.45) is 0 Å². The summed E-state index contributed by atoms with van der Waals surface area (Å²) >= 11 is 0. The van der Waals surface area contributed by atoms with Crippen LogP contribution in [-0.2, 0) is 4.74 Å². The van der Waals surface area contributed by atoms with Crippen LogP contribution in [0.1, 0.15) is 0 Å². The lowest BCUT2D eigenvalue weighted by Gasteiger charge is -2.31. The summed E-state index contributed by atoms with van der Waals surface area (Å²) in [5.74, 6) is -1.78. The Morgan fingerprint density at radius 3 is 2.13 bits per heavy atom. The third kappa shape index (κ3) is 6.78. The molecule has 1 aromatic rings. The normalized spacial score (nSPS) is 19.9. The minimum atomic E-state index is -0.907. The van der Waals surface area contributed by atoms with E-state index in [-0.39, 0.29) is 5.69 Å². The van der Waals surface area contributed by atoms with Crippen LogP contribution in [0.5, 0.6) is 0 Å². The quantitative estimate of drug-likeness (QED) is 0.803. The molecule has 1 aromatic carbocycles. The molecule has 3 N–H and O–H groups in total. The van der Waals surface area contributed by atoms with Gasteiger partial charge >= 0.3 is 0 Å². The molecular weight excluding hydrogens is 302 g/mol. The number of nitrogens with one attached hydrogen (secondary N) is 1. The fourth-order valence-corrected chi connectivity index (χ4v) is 2.55. The van der Waals surface area contributed by atoms with Gasteiger partial charge in [0.2, 0.25) is 0 Å². The Balaban J connectivity index is 0.000000185. The number of hydrogen-bond acceptors (Lipinski definition) is 5. The first-order chi connectivity index (χ1) is 11.1. The summed E-state index contributed by atoms with van der Waals surface area (Å²) in [7, 11) is 0. The zero-order chi connectivity index (χ0) is 16.5. The second-order valence-electron chi connectivity index (χ2n) is 5.72. The summed E-state index contributed by atoms with van der Waals surface area (Å²) in [5, 5.41) is 3.38. The molecule has 23 heavy (non-hydrogen) atoms. The van der Waals surface area contributed by atoms with Crippen molar-refractivity contribution in [1.29, 1.82) is 0 Å². The average Bonchev–Trinajstić information content (AvgIpc) is 2.59. The van der Waals surface area contributed by atoms with Gasteiger partial charge in [-0.2, -0.15) is 0 Å². The van der Waals surface area contributed by atoms with E-state index in [1.165, 1.54) is 32.2 Å². The van der Waals surface area contributed by atoms with Crippen molar-refractivity contribution in [2.45, 2.75) is 0 Å². The smallest absolute Gasteiger partial charge is 0.160 e. The Bertz CT molecular complexity index is 445. The number of nitrogens with zero attached hydrogens (tertiary/aromatic N) is 2. The molecule has 2 aliphatic rings. The van der Waals surface area contributed by atoms with E-state index in [0.29, 0.717) is 0 Å². The molecule has 0 unspecified atom stereocenters. The molecule has 0 radical (unpaired) electrons. The number of morpholine rings is 1. The van der Waals surface area contributed by atoms with Gasteiger partial charge in [0, 0.05) is 58.0 Å². The first kappa shape index (κ1) is 18.1.